The maximum Gasteiger partial charge on any atom is 0.306 e. The van der Waals surface area contributed by atoms with Gasteiger partial charge in [-0.3, -0.25) is 4.79 Å². The van der Waals surface area contributed by atoms with Crippen molar-refractivity contribution in [3.63, 3.8) is 0 Å². The molecule has 1 aliphatic carbocycles. The van der Waals surface area contributed by atoms with Gasteiger partial charge in [0.25, 0.3) is 0 Å². The Morgan fingerprint density at radius 3 is 2.86 bits per heavy atom. The molecule has 1 aliphatic rings. The minimum absolute atomic E-state index is 0.139. The second-order valence-corrected chi connectivity index (χ2v) is 5.29. The van der Waals surface area contributed by atoms with Gasteiger partial charge in [-0.1, -0.05) is 41.9 Å². The number of oxime groups is 1. The molecule has 1 aromatic carbocycles. The number of rotatable bonds is 6. The third-order valence-corrected chi connectivity index (χ3v) is 3.68. The van der Waals surface area contributed by atoms with Crippen LogP contribution in [0.2, 0.25) is 0 Å². The molecule has 1 aromatic rings. The number of esters is 1. The van der Waals surface area contributed by atoms with Crippen LogP contribution in [0.25, 0.3) is 0 Å². The molecule has 2 rings (SSSR count). The van der Waals surface area contributed by atoms with Gasteiger partial charge in [0.1, 0.15) is 6.61 Å². The highest BCUT2D eigenvalue weighted by Crippen LogP contribution is 2.25. The van der Waals surface area contributed by atoms with Crippen molar-refractivity contribution >= 4 is 11.7 Å². The third kappa shape index (κ3) is 5.21. The smallest absolute Gasteiger partial charge is 0.306 e. The van der Waals surface area contributed by atoms with Crippen LogP contribution < -0.4 is 0 Å². The zero-order valence-electron chi connectivity index (χ0n) is 12.6. The van der Waals surface area contributed by atoms with Crippen LogP contribution >= 0.6 is 0 Å². The number of benzene rings is 1. The molecule has 114 valence electrons. The Hall–Kier alpha value is -1.84. The molecule has 0 N–H and O–H groups in total. The maximum absolute atomic E-state index is 11.6. The number of hydrogen-bond donors (Lipinski definition) is 0. The second-order valence-electron chi connectivity index (χ2n) is 5.29. The summed E-state index contributed by atoms with van der Waals surface area (Å²) in [6, 6.07) is 9.96. The van der Waals surface area contributed by atoms with Gasteiger partial charge in [-0.05, 0) is 31.7 Å². The molecule has 1 saturated carbocycles. The molecule has 0 spiro atoms. The van der Waals surface area contributed by atoms with Gasteiger partial charge in [0.15, 0.2) is 0 Å². The number of ether oxygens (including phenoxy) is 1. The summed E-state index contributed by atoms with van der Waals surface area (Å²) in [6.45, 7) is 2.73. The predicted octanol–water partition coefficient (Wildman–Crippen LogP) is 3.70. The van der Waals surface area contributed by atoms with E-state index in [1.807, 2.05) is 37.3 Å². The fourth-order valence-electron chi connectivity index (χ4n) is 2.59. The van der Waals surface area contributed by atoms with E-state index in [4.69, 9.17) is 9.57 Å². The van der Waals surface area contributed by atoms with E-state index < -0.39 is 0 Å². The standard InChI is InChI=1S/C17H23NO3/c1-2-20-17(19)12-15-10-6-7-11-16(15)18-21-13-14-8-4-3-5-9-14/h3-5,8-9,15H,2,6-7,10-13H2,1H3/b18-16-. The van der Waals surface area contributed by atoms with Crippen LogP contribution in [0.3, 0.4) is 0 Å². The van der Waals surface area contributed by atoms with Gasteiger partial charge in [-0.25, -0.2) is 0 Å². The number of carbonyl (C=O) groups excluding carboxylic acids is 1. The van der Waals surface area contributed by atoms with Crippen molar-refractivity contribution in [2.24, 2.45) is 11.1 Å². The molecule has 0 saturated heterocycles. The van der Waals surface area contributed by atoms with Crippen molar-refractivity contribution < 1.29 is 14.4 Å². The molecule has 0 bridgehead atoms. The predicted molar refractivity (Wildman–Crippen MR) is 81.9 cm³/mol. The molecule has 1 atom stereocenters. The minimum Gasteiger partial charge on any atom is -0.466 e. The zero-order chi connectivity index (χ0) is 14.9. The lowest BCUT2D eigenvalue weighted by Crippen LogP contribution is -2.23. The molecule has 0 radical (unpaired) electrons. The van der Waals surface area contributed by atoms with E-state index in [0.29, 0.717) is 19.6 Å². The van der Waals surface area contributed by atoms with Crippen LogP contribution in [0.4, 0.5) is 0 Å². The SMILES string of the molecule is CCOC(=O)CC1CCCC/C1=N/OCc1ccccc1. The van der Waals surface area contributed by atoms with Crippen LogP contribution in [0.15, 0.2) is 35.5 Å². The number of carbonyl (C=O) groups is 1. The van der Waals surface area contributed by atoms with Gasteiger partial charge in [-0.2, -0.15) is 0 Å². The number of nitrogens with zero attached hydrogens (tertiary/aromatic N) is 1. The minimum atomic E-state index is -0.139. The van der Waals surface area contributed by atoms with Gasteiger partial charge < -0.3 is 9.57 Å². The van der Waals surface area contributed by atoms with Gasteiger partial charge in [-0.15, -0.1) is 0 Å². The van der Waals surface area contributed by atoms with Crippen molar-refractivity contribution in [2.45, 2.75) is 45.6 Å². The Balaban J connectivity index is 1.88. The molecule has 0 aliphatic heterocycles. The summed E-state index contributed by atoms with van der Waals surface area (Å²) in [7, 11) is 0. The fourth-order valence-corrected chi connectivity index (χ4v) is 2.59. The first kappa shape index (κ1) is 15.5. The molecule has 0 aromatic heterocycles. The topological polar surface area (TPSA) is 47.9 Å². The van der Waals surface area contributed by atoms with Crippen molar-refractivity contribution in [3.05, 3.63) is 35.9 Å². The molecule has 1 fully saturated rings. The molecule has 4 nitrogen and oxygen atoms in total. The first-order valence-electron chi connectivity index (χ1n) is 7.68. The summed E-state index contributed by atoms with van der Waals surface area (Å²) in [5.74, 6) is 0.0359. The Morgan fingerprint density at radius 1 is 1.29 bits per heavy atom. The highest BCUT2D eigenvalue weighted by atomic mass is 16.6. The second kappa shape index (κ2) is 8.45. The van der Waals surface area contributed by atoms with Crippen molar-refractivity contribution in [1.29, 1.82) is 0 Å². The summed E-state index contributed by atoms with van der Waals surface area (Å²) in [6.07, 6.45) is 4.58. The van der Waals surface area contributed by atoms with Crippen LogP contribution in [0, 0.1) is 5.92 Å². The fraction of sp³-hybridized carbons (Fsp3) is 0.529. The molecule has 21 heavy (non-hydrogen) atoms. The molecular formula is C17H23NO3. The summed E-state index contributed by atoms with van der Waals surface area (Å²) in [4.78, 5) is 17.1. The van der Waals surface area contributed by atoms with E-state index in [-0.39, 0.29) is 11.9 Å². The summed E-state index contributed by atoms with van der Waals surface area (Å²) in [5.41, 5.74) is 2.10. The van der Waals surface area contributed by atoms with Gasteiger partial charge >= 0.3 is 5.97 Å². The quantitative estimate of drug-likeness (QED) is 0.592. The Morgan fingerprint density at radius 2 is 2.10 bits per heavy atom. The molecule has 0 amide bonds. The van der Waals surface area contributed by atoms with Crippen molar-refractivity contribution in [3.8, 4) is 0 Å². The van der Waals surface area contributed by atoms with E-state index in [9.17, 15) is 4.79 Å². The molecule has 4 heteroatoms. The Labute approximate surface area is 126 Å². The lowest BCUT2D eigenvalue weighted by atomic mass is 9.85. The van der Waals surface area contributed by atoms with E-state index in [1.54, 1.807) is 0 Å². The largest absolute Gasteiger partial charge is 0.466 e. The van der Waals surface area contributed by atoms with E-state index in [1.165, 1.54) is 0 Å². The first-order chi connectivity index (χ1) is 10.3. The molecule has 0 heterocycles. The average molecular weight is 289 g/mol. The van der Waals surface area contributed by atoms with E-state index >= 15 is 0 Å². The van der Waals surface area contributed by atoms with E-state index in [0.717, 1.165) is 37.0 Å². The molecular weight excluding hydrogens is 266 g/mol. The third-order valence-electron chi connectivity index (χ3n) is 3.68. The highest BCUT2D eigenvalue weighted by Gasteiger charge is 2.24. The van der Waals surface area contributed by atoms with Crippen LogP contribution in [0.5, 0.6) is 0 Å². The number of hydrogen-bond acceptors (Lipinski definition) is 4. The van der Waals surface area contributed by atoms with Gasteiger partial charge in [0.2, 0.25) is 0 Å². The Kier molecular flexibility index (Phi) is 6.25. The lowest BCUT2D eigenvalue weighted by molar-refractivity contribution is -0.143. The summed E-state index contributed by atoms with van der Waals surface area (Å²) < 4.78 is 5.03. The lowest BCUT2D eigenvalue weighted by Gasteiger charge is -2.22. The summed E-state index contributed by atoms with van der Waals surface area (Å²) >= 11 is 0. The Bertz CT molecular complexity index is 470. The maximum atomic E-state index is 11.6. The summed E-state index contributed by atoms with van der Waals surface area (Å²) in [5, 5.41) is 4.28. The van der Waals surface area contributed by atoms with Crippen molar-refractivity contribution in [2.75, 3.05) is 6.61 Å². The zero-order valence-corrected chi connectivity index (χ0v) is 12.6. The normalized spacial score (nSPS) is 20.2. The average Bonchev–Trinajstić information content (AvgIpc) is 2.50. The van der Waals surface area contributed by atoms with Gasteiger partial charge in [0.05, 0.1) is 18.7 Å². The molecule has 1 unspecified atom stereocenters. The van der Waals surface area contributed by atoms with Crippen LogP contribution in [-0.4, -0.2) is 18.3 Å². The monoisotopic (exact) mass is 289 g/mol. The first-order valence-corrected chi connectivity index (χ1v) is 7.68. The van der Waals surface area contributed by atoms with Gasteiger partial charge in [0, 0.05) is 5.92 Å². The van der Waals surface area contributed by atoms with E-state index in [2.05, 4.69) is 5.16 Å². The van der Waals surface area contributed by atoms with Crippen molar-refractivity contribution in [1.82, 2.24) is 0 Å². The highest BCUT2D eigenvalue weighted by molar-refractivity contribution is 5.90. The van der Waals surface area contributed by atoms with Crippen LogP contribution in [-0.2, 0) is 21.0 Å². The van der Waals surface area contributed by atoms with Crippen LogP contribution in [0.1, 0.15) is 44.6 Å².